The first-order chi connectivity index (χ1) is 11.9. The zero-order valence-electron chi connectivity index (χ0n) is 15.6. The van der Waals surface area contributed by atoms with Gasteiger partial charge in [0.05, 0.1) is 6.61 Å². The first kappa shape index (κ1) is 19.0. The third kappa shape index (κ3) is 5.61. The Bertz CT molecular complexity index is 711. The summed E-state index contributed by atoms with van der Waals surface area (Å²) in [5.41, 5.74) is 4.47. The molecular formula is C21H28N2O2. The summed E-state index contributed by atoms with van der Waals surface area (Å²) < 4.78 is 5.20. The molecule has 2 aromatic rings. The highest BCUT2D eigenvalue weighted by atomic mass is 16.5. The van der Waals surface area contributed by atoms with Crippen molar-refractivity contribution in [3.8, 4) is 0 Å². The smallest absolute Gasteiger partial charge is 0.315 e. The number of benzene rings is 2. The molecule has 4 nitrogen and oxygen atoms in total. The van der Waals surface area contributed by atoms with Crippen molar-refractivity contribution in [2.24, 2.45) is 0 Å². The molecule has 0 spiro atoms. The van der Waals surface area contributed by atoms with Crippen LogP contribution < -0.4 is 10.6 Å². The Kier molecular flexibility index (Phi) is 6.59. The van der Waals surface area contributed by atoms with E-state index in [0.717, 1.165) is 11.1 Å². The predicted molar refractivity (Wildman–Crippen MR) is 102 cm³/mol. The minimum absolute atomic E-state index is 0.128. The topological polar surface area (TPSA) is 50.4 Å². The van der Waals surface area contributed by atoms with Gasteiger partial charge in [-0.05, 0) is 23.6 Å². The Hall–Kier alpha value is -2.33. The lowest BCUT2D eigenvalue weighted by molar-refractivity contribution is 0.184. The van der Waals surface area contributed by atoms with Gasteiger partial charge in [-0.15, -0.1) is 0 Å². The summed E-state index contributed by atoms with van der Waals surface area (Å²) in [4.78, 5) is 12.2. The molecule has 0 heterocycles. The highest BCUT2D eigenvalue weighted by Crippen LogP contribution is 2.23. The Labute approximate surface area is 150 Å². The molecule has 0 radical (unpaired) electrons. The average molecular weight is 340 g/mol. The first-order valence-electron chi connectivity index (χ1n) is 8.57. The van der Waals surface area contributed by atoms with E-state index in [1.54, 1.807) is 7.11 Å². The van der Waals surface area contributed by atoms with Gasteiger partial charge in [-0.1, -0.05) is 67.9 Å². The monoisotopic (exact) mass is 340 g/mol. The van der Waals surface area contributed by atoms with Crippen LogP contribution in [0.25, 0.3) is 0 Å². The lowest BCUT2D eigenvalue weighted by Crippen LogP contribution is -2.42. The van der Waals surface area contributed by atoms with Crippen molar-refractivity contribution in [2.75, 3.05) is 13.7 Å². The number of aryl methyl sites for hydroxylation is 1. The van der Waals surface area contributed by atoms with E-state index in [4.69, 9.17) is 4.74 Å². The fraction of sp³-hybridized carbons (Fsp3) is 0.381. The highest BCUT2D eigenvalue weighted by Gasteiger charge is 2.21. The number of ether oxygens (including phenoxy) is 1. The SMILES string of the molecule is COCc1ccccc1CNC(=O)NCC(C)(C)c1cccc(C)c1. The van der Waals surface area contributed by atoms with E-state index in [9.17, 15) is 4.79 Å². The molecule has 0 saturated heterocycles. The van der Waals surface area contributed by atoms with Crippen LogP contribution in [0.3, 0.4) is 0 Å². The third-order valence-corrected chi connectivity index (χ3v) is 4.35. The summed E-state index contributed by atoms with van der Waals surface area (Å²) >= 11 is 0. The molecule has 4 heteroatoms. The number of hydrogen-bond donors (Lipinski definition) is 2. The first-order valence-corrected chi connectivity index (χ1v) is 8.57. The Balaban J connectivity index is 1.88. The van der Waals surface area contributed by atoms with E-state index in [2.05, 4.69) is 55.7 Å². The Morgan fingerprint density at radius 3 is 2.44 bits per heavy atom. The van der Waals surface area contributed by atoms with Gasteiger partial charge in [-0.3, -0.25) is 0 Å². The quantitative estimate of drug-likeness (QED) is 0.803. The standard InChI is InChI=1S/C21H28N2O2/c1-16-8-7-11-19(12-16)21(2,3)15-23-20(24)22-13-17-9-5-6-10-18(17)14-25-4/h5-12H,13-15H2,1-4H3,(H2,22,23,24). The molecule has 0 aliphatic carbocycles. The number of rotatable bonds is 7. The van der Waals surface area contributed by atoms with Gasteiger partial charge < -0.3 is 15.4 Å². The molecule has 134 valence electrons. The molecule has 2 aromatic carbocycles. The van der Waals surface area contributed by atoms with Crippen LogP contribution in [-0.4, -0.2) is 19.7 Å². The van der Waals surface area contributed by atoms with Gasteiger partial charge in [0, 0.05) is 25.6 Å². The van der Waals surface area contributed by atoms with Gasteiger partial charge in [-0.25, -0.2) is 4.79 Å². The highest BCUT2D eigenvalue weighted by molar-refractivity contribution is 5.74. The van der Waals surface area contributed by atoms with E-state index in [1.807, 2.05) is 24.3 Å². The maximum Gasteiger partial charge on any atom is 0.315 e. The minimum Gasteiger partial charge on any atom is -0.380 e. The molecule has 0 atom stereocenters. The molecule has 2 amide bonds. The van der Waals surface area contributed by atoms with Gasteiger partial charge in [0.25, 0.3) is 0 Å². The summed E-state index contributed by atoms with van der Waals surface area (Å²) in [5, 5.41) is 5.91. The third-order valence-electron chi connectivity index (χ3n) is 4.35. The van der Waals surface area contributed by atoms with Crippen LogP contribution in [-0.2, 0) is 23.3 Å². The number of carbonyl (C=O) groups excluding carboxylic acids is 1. The normalized spacial score (nSPS) is 11.2. The average Bonchev–Trinajstić information content (AvgIpc) is 2.59. The van der Waals surface area contributed by atoms with Gasteiger partial charge in [0.1, 0.15) is 0 Å². The van der Waals surface area contributed by atoms with Gasteiger partial charge in [0.2, 0.25) is 0 Å². The molecule has 0 bridgehead atoms. The van der Waals surface area contributed by atoms with E-state index < -0.39 is 0 Å². The van der Waals surface area contributed by atoms with E-state index >= 15 is 0 Å². The van der Waals surface area contributed by atoms with Crippen LogP contribution >= 0.6 is 0 Å². The maximum absolute atomic E-state index is 12.2. The van der Waals surface area contributed by atoms with E-state index in [-0.39, 0.29) is 11.4 Å². The van der Waals surface area contributed by atoms with Crippen LogP contribution in [0, 0.1) is 6.92 Å². The summed E-state index contributed by atoms with van der Waals surface area (Å²) in [6, 6.07) is 16.2. The Morgan fingerprint density at radius 2 is 1.76 bits per heavy atom. The largest absolute Gasteiger partial charge is 0.380 e. The predicted octanol–water partition coefficient (Wildman–Crippen LogP) is 3.92. The number of amides is 2. The molecule has 0 aliphatic heterocycles. The van der Waals surface area contributed by atoms with Crippen molar-refractivity contribution in [2.45, 2.75) is 39.3 Å². The number of methoxy groups -OCH3 is 1. The van der Waals surface area contributed by atoms with Crippen molar-refractivity contribution in [3.05, 3.63) is 70.8 Å². The molecule has 0 unspecified atom stereocenters. The molecule has 25 heavy (non-hydrogen) atoms. The van der Waals surface area contributed by atoms with E-state index in [1.165, 1.54) is 11.1 Å². The molecule has 0 aliphatic rings. The summed E-state index contributed by atoms with van der Waals surface area (Å²) in [6.07, 6.45) is 0. The van der Waals surface area contributed by atoms with Crippen LogP contribution in [0.2, 0.25) is 0 Å². The zero-order valence-corrected chi connectivity index (χ0v) is 15.6. The number of urea groups is 1. The van der Waals surface area contributed by atoms with Crippen molar-refractivity contribution >= 4 is 6.03 Å². The molecular weight excluding hydrogens is 312 g/mol. The van der Waals surface area contributed by atoms with Gasteiger partial charge in [0.15, 0.2) is 0 Å². The fourth-order valence-electron chi connectivity index (χ4n) is 2.73. The summed E-state index contributed by atoms with van der Waals surface area (Å²) in [5.74, 6) is 0. The molecule has 0 saturated carbocycles. The van der Waals surface area contributed by atoms with Crippen LogP contribution in [0.4, 0.5) is 4.79 Å². The number of hydrogen-bond acceptors (Lipinski definition) is 2. The summed E-state index contributed by atoms with van der Waals surface area (Å²) in [6.45, 7) is 7.95. The van der Waals surface area contributed by atoms with Crippen molar-refractivity contribution in [1.82, 2.24) is 10.6 Å². The Morgan fingerprint density at radius 1 is 1.04 bits per heavy atom. The van der Waals surface area contributed by atoms with Gasteiger partial charge in [-0.2, -0.15) is 0 Å². The fourth-order valence-corrected chi connectivity index (χ4v) is 2.73. The van der Waals surface area contributed by atoms with E-state index in [0.29, 0.717) is 19.7 Å². The molecule has 0 fully saturated rings. The van der Waals surface area contributed by atoms with Crippen LogP contribution in [0.1, 0.15) is 36.1 Å². The van der Waals surface area contributed by atoms with Crippen molar-refractivity contribution < 1.29 is 9.53 Å². The maximum atomic E-state index is 12.2. The van der Waals surface area contributed by atoms with Crippen LogP contribution in [0.15, 0.2) is 48.5 Å². The van der Waals surface area contributed by atoms with Crippen LogP contribution in [0.5, 0.6) is 0 Å². The number of nitrogens with one attached hydrogen (secondary N) is 2. The van der Waals surface area contributed by atoms with Crippen molar-refractivity contribution in [3.63, 3.8) is 0 Å². The second-order valence-corrected chi connectivity index (χ2v) is 6.99. The second-order valence-electron chi connectivity index (χ2n) is 6.99. The zero-order chi connectivity index (χ0) is 18.3. The number of carbonyl (C=O) groups is 1. The van der Waals surface area contributed by atoms with Crippen molar-refractivity contribution in [1.29, 1.82) is 0 Å². The second kappa shape index (κ2) is 8.67. The minimum atomic E-state index is -0.159. The lowest BCUT2D eigenvalue weighted by atomic mass is 9.84. The lowest BCUT2D eigenvalue weighted by Gasteiger charge is -2.26. The molecule has 0 aromatic heterocycles. The molecule has 2 N–H and O–H groups in total. The molecule has 2 rings (SSSR count). The summed E-state index contributed by atoms with van der Waals surface area (Å²) in [7, 11) is 1.67. The van der Waals surface area contributed by atoms with Gasteiger partial charge >= 0.3 is 6.03 Å².